The van der Waals surface area contributed by atoms with E-state index in [1.54, 1.807) is 0 Å². The third-order valence-corrected chi connectivity index (χ3v) is 4.01. The molecular formula is C14H15BrFNO4. The molecule has 114 valence electrons. The van der Waals surface area contributed by atoms with Crippen molar-refractivity contribution in [1.29, 1.82) is 0 Å². The molecule has 1 N–H and O–H groups in total. The SMILES string of the molecule is CCCN1C(=O)COC(C(=O)O)C1c1ccc(F)cc1Br. The Bertz CT molecular complexity index is 566. The van der Waals surface area contributed by atoms with Crippen LogP contribution in [0, 0.1) is 5.82 Å². The number of carbonyl (C=O) groups is 2. The first kappa shape index (κ1) is 15.9. The van der Waals surface area contributed by atoms with E-state index in [1.807, 2.05) is 6.92 Å². The average Bonchev–Trinajstić information content (AvgIpc) is 2.41. The number of carboxylic acid groups (broad SMARTS) is 1. The van der Waals surface area contributed by atoms with Crippen molar-refractivity contribution < 1.29 is 23.8 Å². The number of benzene rings is 1. The summed E-state index contributed by atoms with van der Waals surface area (Å²) in [5.41, 5.74) is 0.519. The van der Waals surface area contributed by atoms with Crippen LogP contribution in [0.2, 0.25) is 0 Å². The number of aliphatic carboxylic acids is 1. The molecule has 1 amide bonds. The van der Waals surface area contributed by atoms with Crippen LogP contribution in [0.5, 0.6) is 0 Å². The molecule has 0 aromatic heterocycles. The molecule has 0 radical (unpaired) electrons. The van der Waals surface area contributed by atoms with Crippen LogP contribution in [0.25, 0.3) is 0 Å². The molecular weight excluding hydrogens is 345 g/mol. The predicted octanol–water partition coefficient (Wildman–Crippen LogP) is 2.35. The first-order valence-corrected chi connectivity index (χ1v) is 7.33. The molecule has 5 nitrogen and oxygen atoms in total. The first-order valence-electron chi connectivity index (χ1n) is 6.54. The highest BCUT2D eigenvalue weighted by Gasteiger charge is 2.42. The Morgan fingerprint density at radius 2 is 2.29 bits per heavy atom. The van der Waals surface area contributed by atoms with Crippen LogP contribution in [-0.4, -0.2) is 41.1 Å². The zero-order valence-electron chi connectivity index (χ0n) is 11.4. The Hall–Kier alpha value is -1.47. The number of amides is 1. The van der Waals surface area contributed by atoms with E-state index < -0.39 is 23.9 Å². The quantitative estimate of drug-likeness (QED) is 0.895. The summed E-state index contributed by atoms with van der Waals surface area (Å²) < 4.78 is 18.8. The Kier molecular flexibility index (Phi) is 4.95. The lowest BCUT2D eigenvalue weighted by Crippen LogP contribution is -2.52. The fourth-order valence-corrected chi connectivity index (χ4v) is 3.02. The van der Waals surface area contributed by atoms with E-state index in [1.165, 1.54) is 23.1 Å². The normalized spacial score (nSPS) is 22.4. The van der Waals surface area contributed by atoms with Crippen molar-refractivity contribution in [2.24, 2.45) is 0 Å². The monoisotopic (exact) mass is 359 g/mol. The van der Waals surface area contributed by atoms with Crippen LogP contribution in [-0.2, 0) is 14.3 Å². The van der Waals surface area contributed by atoms with E-state index in [0.29, 0.717) is 23.0 Å². The summed E-state index contributed by atoms with van der Waals surface area (Å²) in [7, 11) is 0. The molecule has 2 atom stereocenters. The van der Waals surface area contributed by atoms with Crippen LogP contribution in [0.1, 0.15) is 24.9 Å². The molecule has 7 heteroatoms. The van der Waals surface area contributed by atoms with E-state index in [9.17, 15) is 19.1 Å². The number of ether oxygens (including phenoxy) is 1. The highest BCUT2D eigenvalue weighted by atomic mass is 79.9. The van der Waals surface area contributed by atoms with Gasteiger partial charge in [-0.05, 0) is 24.1 Å². The number of hydrogen-bond acceptors (Lipinski definition) is 3. The zero-order valence-corrected chi connectivity index (χ0v) is 13.0. The number of nitrogens with zero attached hydrogens (tertiary/aromatic N) is 1. The minimum absolute atomic E-state index is 0.258. The van der Waals surface area contributed by atoms with Gasteiger partial charge in [0.2, 0.25) is 5.91 Å². The maximum Gasteiger partial charge on any atom is 0.335 e. The summed E-state index contributed by atoms with van der Waals surface area (Å²) in [6, 6.07) is 3.18. The summed E-state index contributed by atoms with van der Waals surface area (Å²) in [5.74, 6) is -1.86. The number of rotatable bonds is 4. The molecule has 1 saturated heterocycles. The number of carboxylic acids is 1. The van der Waals surface area contributed by atoms with Gasteiger partial charge >= 0.3 is 5.97 Å². The molecule has 2 rings (SSSR count). The topological polar surface area (TPSA) is 66.8 Å². The summed E-state index contributed by atoms with van der Waals surface area (Å²) in [6.45, 7) is 2.06. The molecule has 1 aliphatic heterocycles. The maximum atomic E-state index is 13.2. The average molecular weight is 360 g/mol. The second-order valence-corrected chi connectivity index (χ2v) is 5.62. The fraction of sp³-hybridized carbons (Fsp3) is 0.429. The van der Waals surface area contributed by atoms with Crippen molar-refractivity contribution in [2.75, 3.05) is 13.2 Å². The molecule has 21 heavy (non-hydrogen) atoms. The molecule has 1 fully saturated rings. The van der Waals surface area contributed by atoms with Gasteiger partial charge in [0.1, 0.15) is 12.4 Å². The van der Waals surface area contributed by atoms with Gasteiger partial charge in [0.15, 0.2) is 6.10 Å². The van der Waals surface area contributed by atoms with Crippen LogP contribution < -0.4 is 0 Å². The van der Waals surface area contributed by atoms with Gasteiger partial charge < -0.3 is 14.7 Å². The smallest absolute Gasteiger partial charge is 0.335 e. The van der Waals surface area contributed by atoms with E-state index in [0.717, 1.165) is 0 Å². The van der Waals surface area contributed by atoms with Gasteiger partial charge in [-0.25, -0.2) is 9.18 Å². The highest BCUT2D eigenvalue weighted by molar-refractivity contribution is 9.10. The lowest BCUT2D eigenvalue weighted by molar-refractivity contribution is -0.173. The second kappa shape index (κ2) is 6.53. The van der Waals surface area contributed by atoms with E-state index in [2.05, 4.69) is 15.9 Å². The van der Waals surface area contributed by atoms with Crippen molar-refractivity contribution in [2.45, 2.75) is 25.5 Å². The molecule has 2 unspecified atom stereocenters. The number of morpholine rings is 1. The van der Waals surface area contributed by atoms with Gasteiger partial charge in [0.05, 0.1) is 6.04 Å². The van der Waals surface area contributed by atoms with Crippen LogP contribution >= 0.6 is 15.9 Å². The Balaban J connectivity index is 2.48. The summed E-state index contributed by atoms with van der Waals surface area (Å²) in [6.07, 6.45) is -0.482. The van der Waals surface area contributed by atoms with Gasteiger partial charge in [0, 0.05) is 11.0 Å². The third-order valence-electron chi connectivity index (χ3n) is 3.32. The lowest BCUT2D eigenvalue weighted by Gasteiger charge is -2.39. The van der Waals surface area contributed by atoms with Crippen molar-refractivity contribution in [3.63, 3.8) is 0 Å². The van der Waals surface area contributed by atoms with Crippen LogP contribution in [0.4, 0.5) is 4.39 Å². The fourth-order valence-electron chi connectivity index (χ4n) is 2.44. The van der Waals surface area contributed by atoms with Crippen molar-refractivity contribution >= 4 is 27.8 Å². The third kappa shape index (κ3) is 3.24. The van der Waals surface area contributed by atoms with Crippen LogP contribution in [0.15, 0.2) is 22.7 Å². The minimum Gasteiger partial charge on any atom is -0.479 e. The summed E-state index contributed by atoms with van der Waals surface area (Å²) in [5, 5.41) is 9.34. The molecule has 0 aliphatic carbocycles. The number of halogens is 2. The molecule has 1 heterocycles. The molecule has 0 spiro atoms. The van der Waals surface area contributed by atoms with Gasteiger partial charge in [-0.1, -0.05) is 28.9 Å². The van der Waals surface area contributed by atoms with Crippen LogP contribution in [0.3, 0.4) is 0 Å². The first-order chi connectivity index (χ1) is 9.95. The van der Waals surface area contributed by atoms with E-state index in [4.69, 9.17) is 4.74 Å². The summed E-state index contributed by atoms with van der Waals surface area (Å²) >= 11 is 3.23. The Morgan fingerprint density at radius 3 is 2.86 bits per heavy atom. The maximum absolute atomic E-state index is 13.2. The van der Waals surface area contributed by atoms with E-state index >= 15 is 0 Å². The van der Waals surface area contributed by atoms with Gasteiger partial charge in [-0.3, -0.25) is 4.79 Å². The number of hydrogen-bond donors (Lipinski definition) is 1. The van der Waals surface area contributed by atoms with Gasteiger partial charge in [0.25, 0.3) is 0 Å². The Morgan fingerprint density at radius 1 is 1.57 bits per heavy atom. The minimum atomic E-state index is -1.17. The standard InChI is InChI=1S/C14H15BrFNO4/c1-2-5-17-11(18)7-21-13(14(19)20)12(17)9-4-3-8(16)6-10(9)15/h3-4,6,12-13H,2,5,7H2,1H3,(H,19,20). The van der Waals surface area contributed by atoms with Crippen molar-refractivity contribution in [1.82, 2.24) is 4.90 Å². The van der Waals surface area contributed by atoms with E-state index in [-0.39, 0.29) is 12.5 Å². The van der Waals surface area contributed by atoms with Crippen molar-refractivity contribution in [3.05, 3.63) is 34.1 Å². The lowest BCUT2D eigenvalue weighted by atomic mass is 9.97. The highest BCUT2D eigenvalue weighted by Crippen LogP contribution is 2.35. The molecule has 1 aliphatic rings. The molecule has 1 aromatic carbocycles. The predicted molar refractivity (Wildman–Crippen MR) is 76.2 cm³/mol. The van der Waals surface area contributed by atoms with Gasteiger partial charge in [-0.15, -0.1) is 0 Å². The second-order valence-electron chi connectivity index (χ2n) is 4.77. The zero-order chi connectivity index (χ0) is 15.6. The Labute approximate surface area is 129 Å². The number of carbonyl (C=O) groups excluding carboxylic acids is 1. The molecule has 0 bridgehead atoms. The molecule has 0 saturated carbocycles. The molecule has 1 aromatic rings. The summed E-state index contributed by atoms with van der Waals surface area (Å²) in [4.78, 5) is 24.9. The largest absolute Gasteiger partial charge is 0.479 e. The van der Waals surface area contributed by atoms with Gasteiger partial charge in [-0.2, -0.15) is 0 Å². The van der Waals surface area contributed by atoms with Crippen molar-refractivity contribution in [3.8, 4) is 0 Å².